The molecule has 0 heterocycles. The van der Waals surface area contributed by atoms with Gasteiger partial charge in [0.2, 0.25) is 11.7 Å². The summed E-state index contributed by atoms with van der Waals surface area (Å²) in [5, 5.41) is 13.3. The van der Waals surface area contributed by atoms with Crippen LogP contribution in [0.2, 0.25) is 10.0 Å². The highest BCUT2D eigenvalue weighted by atomic mass is 35.5. The van der Waals surface area contributed by atoms with Crippen molar-refractivity contribution in [3.05, 3.63) is 99.5 Å². The van der Waals surface area contributed by atoms with E-state index >= 15 is 0 Å². The second-order valence-corrected chi connectivity index (χ2v) is 12.1. The van der Waals surface area contributed by atoms with Gasteiger partial charge in [0.1, 0.15) is 18.4 Å². The van der Waals surface area contributed by atoms with Gasteiger partial charge in [-0.3, -0.25) is 14.4 Å². The Morgan fingerprint density at radius 2 is 1.60 bits per heavy atom. The predicted octanol–water partition coefficient (Wildman–Crippen LogP) is 5.99. The zero-order valence-electron chi connectivity index (χ0n) is 25.5. The predicted molar refractivity (Wildman–Crippen MR) is 169 cm³/mol. The van der Waals surface area contributed by atoms with Crippen LogP contribution in [-0.2, 0) is 20.8 Å². The van der Waals surface area contributed by atoms with Gasteiger partial charge in [0.25, 0.3) is 5.91 Å². The molecule has 8 nitrogen and oxygen atoms in total. The molecule has 0 radical (unpaired) electrons. The smallest absolute Gasteiger partial charge is 0.405 e. The summed E-state index contributed by atoms with van der Waals surface area (Å²) < 4.78 is 73.7. The first-order chi connectivity index (χ1) is 22.4. The van der Waals surface area contributed by atoms with Crippen molar-refractivity contribution >= 4 is 40.8 Å². The maximum atomic E-state index is 14.9. The summed E-state index contributed by atoms with van der Waals surface area (Å²) in [5.74, 6) is -12.8. The number of amides is 2. The number of benzene rings is 3. The molecule has 0 saturated carbocycles. The van der Waals surface area contributed by atoms with E-state index in [1.807, 2.05) is 6.07 Å². The van der Waals surface area contributed by atoms with E-state index < -0.39 is 66.3 Å². The van der Waals surface area contributed by atoms with Gasteiger partial charge in [-0.05, 0) is 47.4 Å². The monoisotopic (exact) mass is 712 g/mol. The van der Waals surface area contributed by atoms with Crippen molar-refractivity contribution in [3.63, 3.8) is 0 Å². The summed E-state index contributed by atoms with van der Waals surface area (Å²) >= 11 is 12.4. The van der Waals surface area contributed by atoms with Crippen LogP contribution in [0.3, 0.4) is 0 Å². The second-order valence-electron chi connectivity index (χ2n) is 11.2. The highest BCUT2D eigenvalue weighted by Gasteiger charge is 2.52. The summed E-state index contributed by atoms with van der Waals surface area (Å²) in [4.78, 5) is 39.0. The summed E-state index contributed by atoms with van der Waals surface area (Å²) in [7, 11) is 0. The van der Waals surface area contributed by atoms with E-state index in [0.717, 1.165) is 5.32 Å². The average molecular weight is 714 g/mol. The minimum Gasteiger partial charge on any atom is -0.488 e. The Labute approximate surface area is 283 Å². The average Bonchev–Trinajstić information content (AvgIpc) is 3.01. The van der Waals surface area contributed by atoms with Gasteiger partial charge < -0.3 is 21.1 Å². The van der Waals surface area contributed by atoms with Crippen molar-refractivity contribution in [2.24, 2.45) is 11.7 Å². The number of alkyl halides is 5. The number of carbonyl (C=O) groups excluding carboxylic acids is 3. The lowest BCUT2D eigenvalue weighted by atomic mass is 9.84. The number of nitrogens with two attached hydrogens (primary N) is 1. The van der Waals surface area contributed by atoms with Crippen LogP contribution >= 0.6 is 23.2 Å². The van der Waals surface area contributed by atoms with Crippen LogP contribution in [0.15, 0.2) is 72.8 Å². The Morgan fingerprint density at radius 3 is 2.19 bits per heavy atom. The van der Waals surface area contributed by atoms with Gasteiger partial charge in [-0.15, -0.1) is 0 Å². The molecular weight excluding hydrogens is 682 g/mol. The number of hydrogen-bond donors (Lipinski definition) is 3. The molecule has 0 saturated heterocycles. The Morgan fingerprint density at radius 1 is 0.938 bits per heavy atom. The molecule has 0 aliphatic carbocycles. The summed E-state index contributed by atoms with van der Waals surface area (Å²) in [5.41, 5.74) is 7.87. The number of nitriles is 1. The van der Waals surface area contributed by atoms with Crippen molar-refractivity contribution in [2.45, 2.75) is 56.5 Å². The molecule has 0 aliphatic heterocycles. The molecule has 4 atom stereocenters. The molecular formula is C33H31Cl2F5N4O4. The molecule has 48 heavy (non-hydrogen) atoms. The molecule has 3 aromatic carbocycles. The minimum absolute atomic E-state index is 0.0523. The molecule has 0 aromatic heterocycles. The van der Waals surface area contributed by atoms with E-state index in [2.05, 4.69) is 5.32 Å². The molecule has 3 rings (SSSR count). The first-order valence-corrected chi connectivity index (χ1v) is 15.2. The van der Waals surface area contributed by atoms with E-state index in [9.17, 15) is 41.6 Å². The third-order valence-electron chi connectivity index (χ3n) is 7.16. The molecule has 2 amide bonds. The molecule has 256 valence electrons. The molecule has 4 N–H and O–H groups in total. The Bertz CT molecular complexity index is 1650. The maximum absolute atomic E-state index is 14.9. The van der Waals surface area contributed by atoms with Gasteiger partial charge in [-0.2, -0.15) is 27.2 Å². The first kappa shape index (κ1) is 38.2. The lowest BCUT2D eigenvalue weighted by molar-refractivity contribution is -0.165. The fourth-order valence-corrected chi connectivity index (χ4v) is 5.26. The topological polar surface area (TPSA) is 134 Å². The van der Waals surface area contributed by atoms with E-state index in [1.165, 1.54) is 32.0 Å². The number of hydrogen-bond acceptors (Lipinski definition) is 6. The summed E-state index contributed by atoms with van der Waals surface area (Å²) in [6.07, 6.45) is -6.02. The normalized spacial score (nSPS) is 14.3. The van der Waals surface area contributed by atoms with Crippen molar-refractivity contribution in [1.29, 1.82) is 5.26 Å². The van der Waals surface area contributed by atoms with Crippen LogP contribution in [0, 0.1) is 17.2 Å². The quantitative estimate of drug-likeness (QED) is 0.139. The number of rotatable bonds is 14. The van der Waals surface area contributed by atoms with Crippen LogP contribution in [0.5, 0.6) is 5.75 Å². The fourth-order valence-electron chi connectivity index (χ4n) is 4.82. The van der Waals surface area contributed by atoms with Gasteiger partial charge in [-0.1, -0.05) is 79.5 Å². The number of halogens is 7. The van der Waals surface area contributed by atoms with E-state index in [-0.39, 0.29) is 22.8 Å². The van der Waals surface area contributed by atoms with Crippen LogP contribution in [-0.4, -0.2) is 54.4 Å². The third kappa shape index (κ3) is 10.4. The highest BCUT2D eigenvalue weighted by Crippen LogP contribution is 2.30. The lowest BCUT2D eigenvalue weighted by Crippen LogP contribution is -2.59. The van der Waals surface area contributed by atoms with Crippen molar-refractivity contribution in [1.82, 2.24) is 10.6 Å². The van der Waals surface area contributed by atoms with Crippen molar-refractivity contribution in [2.75, 3.05) is 6.54 Å². The Kier molecular flexibility index (Phi) is 12.9. The number of ketones is 1. The van der Waals surface area contributed by atoms with Gasteiger partial charge in [-0.25, -0.2) is 0 Å². The van der Waals surface area contributed by atoms with Crippen LogP contribution in [0.4, 0.5) is 22.0 Å². The number of nitrogens with zero attached hydrogens (tertiary/aromatic N) is 1. The van der Waals surface area contributed by atoms with Crippen molar-refractivity contribution in [3.8, 4) is 11.8 Å². The minimum atomic E-state index is -5.01. The maximum Gasteiger partial charge on any atom is 0.405 e. The first-order valence-electron chi connectivity index (χ1n) is 14.4. The van der Waals surface area contributed by atoms with Crippen LogP contribution in [0.25, 0.3) is 0 Å². The zero-order chi connectivity index (χ0) is 35.8. The molecule has 1 unspecified atom stereocenters. The zero-order valence-corrected chi connectivity index (χ0v) is 27.0. The summed E-state index contributed by atoms with van der Waals surface area (Å²) in [6.45, 7) is 0.525. The van der Waals surface area contributed by atoms with Crippen LogP contribution < -0.4 is 21.1 Å². The number of ether oxygens (including phenoxy) is 1. The van der Waals surface area contributed by atoms with E-state index in [0.29, 0.717) is 16.1 Å². The molecule has 0 aliphatic rings. The Balaban J connectivity index is 2.02. The summed E-state index contributed by atoms with van der Waals surface area (Å²) in [6, 6.07) is 17.5. The molecule has 15 heteroatoms. The van der Waals surface area contributed by atoms with Gasteiger partial charge in [0.05, 0.1) is 29.6 Å². The standard InChI is InChI=1S/C33H31Cl2F5N4O4/c1-18(2)28(29(45)33(39,40)31(47)43-17-32(36,37)38)44-30(46)26(21-8-4-3-5-9-21)27(42)25(14-19-7-6-10-22(34)11-19)48-24-13-20(16-41)12-23(35)15-24/h3-13,15,18,25-28H,14,17,42H2,1-2H3,(H,43,47)(H,44,46)/t25-,26+,27?,28+/m1/s1. The van der Waals surface area contributed by atoms with E-state index in [1.54, 1.807) is 54.6 Å². The fraction of sp³-hybridized carbons (Fsp3) is 0.333. The number of nitrogens with one attached hydrogen (secondary N) is 2. The van der Waals surface area contributed by atoms with Gasteiger partial charge >= 0.3 is 12.1 Å². The van der Waals surface area contributed by atoms with Crippen molar-refractivity contribution < 1.29 is 41.1 Å². The number of Topliss-reactive ketones (excluding diaryl/α,β-unsaturated/α-hetero) is 1. The third-order valence-corrected chi connectivity index (χ3v) is 7.61. The molecule has 0 bridgehead atoms. The second kappa shape index (κ2) is 16.2. The molecule has 0 fully saturated rings. The highest BCUT2D eigenvalue weighted by molar-refractivity contribution is 6.31. The number of carbonyl (C=O) groups is 3. The molecule has 3 aromatic rings. The SMILES string of the molecule is CC(C)[C@H](NC(=O)[C@@H](c1ccccc1)C(N)[C@@H](Cc1cccc(Cl)c1)Oc1cc(Cl)cc(C#N)c1)C(=O)C(F)(F)C(=O)NCC(F)(F)F. The largest absolute Gasteiger partial charge is 0.488 e. The lowest BCUT2D eigenvalue weighted by Gasteiger charge is -2.33. The molecule has 0 spiro atoms. The Hall–Kier alpha value is -4.25. The van der Waals surface area contributed by atoms with E-state index in [4.69, 9.17) is 33.7 Å². The van der Waals surface area contributed by atoms with Crippen LogP contribution in [0.1, 0.15) is 36.5 Å². The van der Waals surface area contributed by atoms with Gasteiger partial charge in [0.15, 0.2) is 0 Å². The van der Waals surface area contributed by atoms with Gasteiger partial charge in [0, 0.05) is 16.5 Å².